The number of unbranched alkanes of at least 4 members (excludes halogenated alkanes) is 1. The molecule has 4 aromatic carbocycles. The second-order valence-corrected chi connectivity index (χ2v) is 13.7. The van der Waals surface area contributed by atoms with E-state index in [9.17, 15) is 13.2 Å². The number of carboxylic acids is 1. The monoisotopic (exact) mass is 707 g/mol. The molecular weight excluding hydrogens is 673 g/mol. The molecule has 0 aliphatic carbocycles. The highest BCUT2D eigenvalue weighted by Gasteiger charge is 2.27. The molecule has 5 rings (SSSR count). The summed E-state index contributed by atoms with van der Waals surface area (Å²) in [5.41, 5.74) is 3.18. The lowest BCUT2D eigenvalue weighted by atomic mass is 10.1. The quantitative estimate of drug-likeness (QED) is 0.113. The van der Waals surface area contributed by atoms with Gasteiger partial charge in [-0.1, -0.05) is 60.8 Å². The van der Waals surface area contributed by atoms with Gasteiger partial charge in [0, 0.05) is 23.3 Å². The third kappa shape index (κ3) is 8.76. The molecule has 1 atom stereocenters. The molecule has 12 heteroatoms. The lowest BCUT2D eigenvalue weighted by Gasteiger charge is -2.20. The number of sulfonamides is 1. The fourth-order valence-electron chi connectivity index (χ4n) is 5.11. The van der Waals surface area contributed by atoms with Gasteiger partial charge in [0.15, 0.2) is 0 Å². The van der Waals surface area contributed by atoms with Crippen LogP contribution >= 0.6 is 23.2 Å². The predicted molar refractivity (Wildman–Crippen MR) is 187 cm³/mol. The van der Waals surface area contributed by atoms with Crippen LogP contribution in [0.4, 0.5) is 0 Å². The zero-order valence-electron chi connectivity index (χ0n) is 26.4. The number of aryl methyl sites for hydroxylation is 1. The first-order chi connectivity index (χ1) is 23.1. The largest absolute Gasteiger partial charge is 0.497 e. The molecule has 0 saturated carbocycles. The molecular formula is C36H35Cl2N3O6S. The van der Waals surface area contributed by atoms with Crippen molar-refractivity contribution >= 4 is 39.2 Å². The highest BCUT2D eigenvalue weighted by molar-refractivity contribution is 7.89. The molecule has 48 heavy (non-hydrogen) atoms. The number of methoxy groups -OCH3 is 1. The number of nitrogens with one attached hydrogen (secondary N) is 1. The van der Waals surface area contributed by atoms with Crippen molar-refractivity contribution < 1.29 is 27.8 Å². The maximum absolute atomic E-state index is 13.8. The molecule has 0 spiro atoms. The van der Waals surface area contributed by atoms with E-state index in [2.05, 4.69) is 11.6 Å². The molecule has 0 unspecified atom stereocenters. The van der Waals surface area contributed by atoms with Crippen LogP contribution < -0.4 is 14.2 Å². The van der Waals surface area contributed by atoms with Crippen LogP contribution in [0.5, 0.6) is 11.5 Å². The Balaban J connectivity index is 1.45. The van der Waals surface area contributed by atoms with Crippen molar-refractivity contribution in [3.63, 3.8) is 0 Å². The molecule has 2 N–H and O–H groups in total. The van der Waals surface area contributed by atoms with Crippen molar-refractivity contribution in [1.82, 2.24) is 14.3 Å². The summed E-state index contributed by atoms with van der Waals surface area (Å²) in [5, 5.41) is 10.1. The molecule has 0 aliphatic rings. The lowest BCUT2D eigenvalue weighted by molar-refractivity contribution is 0.0696. The summed E-state index contributed by atoms with van der Waals surface area (Å²) in [4.78, 5) is 16.2. The standard InChI is InChI=1S/C36H35Cl2N3O6S/c1-3-4-19-41-22-34(31-18-11-27(37)21-32(31)38)39-35(41)33(40-48(44,45)30-16-14-28(46-2)15-17-30)20-24-7-12-29(13-8-24)47-23-25-5-9-26(10-6-25)36(42)43/h5-18,21-22,33,40H,3-4,19-20,23H2,1-2H3,(H,42,43)/t33-/m0/s1. The second kappa shape index (κ2) is 15.7. The first kappa shape index (κ1) is 35.0. The smallest absolute Gasteiger partial charge is 0.335 e. The van der Waals surface area contributed by atoms with Crippen LogP contribution in [0.25, 0.3) is 11.3 Å². The van der Waals surface area contributed by atoms with E-state index < -0.39 is 22.0 Å². The Hall–Kier alpha value is -4.35. The van der Waals surface area contributed by atoms with E-state index in [1.165, 1.54) is 31.4 Å². The van der Waals surface area contributed by atoms with E-state index in [4.69, 9.17) is 42.8 Å². The summed E-state index contributed by atoms with van der Waals surface area (Å²) in [6, 6.07) is 24.6. The number of ether oxygens (including phenoxy) is 2. The Labute approximate surface area is 290 Å². The Kier molecular flexibility index (Phi) is 11.4. The third-order valence-electron chi connectivity index (χ3n) is 7.72. The van der Waals surface area contributed by atoms with Gasteiger partial charge in [-0.3, -0.25) is 0 Å². The minimum atomic E-state index is -3.98. The van der Waals surface area contributed by atoms with Crippen LogP contribution in [0, 0.1) is 0 Å². The van der Waals surface area contributed by atoms with Crippen LogP contribution in [-0.4, -0.2) is 36.2 Å². The minimum absolute atomic E-state index is 0.0982. The van der Waals surface area contributed by atoms with Gasteiger partial charge in [-0.15, -0.1) is 0 Å². The number of halogens is 2. The zero-order valence-corrected chi connectivity index (χ0v) is 28.7. The highest BCUT2D eigenvalue weighted by Crippen LogP contribution is 2.32. The van der Waals surface area contributed by atoms with Gasteiger partial charge in [0.25, 0.3) is 0 Å². The minimum Gasteiger partial charge on any atom is -0.497 e. The van der Waals surface area contributed by atoms with Crippen molar-refractivity contribution in [2.24, 2.45) is 0 Å². The van der Waals surface area contributed by atoms with Gasteiger partial charge in [-0.25, -0.2) is 22.9 Å². The molecule has 0 saturated heterocycles. The van der Waals surface area contributed by atoms with Crippen molar-refractivity contribution in [3.8, 4) is 22.8 Å². The number of nitrogens with zero attached hydrogens (tertiary/aromatic N) is 2. The summed E-state index contributed by atoms with van der Waals surface area (Å²) in [6.45, 7) is 2.98. The van der Waals surface area contributed by atoms with Crippen LogP contribution in [0.3, 0.4) is 0 Å². The predicted octanol–water partition coefficient (Wildman–Crippen LogP) is 8.21. The topological polar surface area (TPSA) is 120 Å². The molecule has 1 aromatic heterocycles. The molecule has 0 fully saturated rings. The molecule has 0 aliphatic heterocycles. The average Bonchev–Trinajstić information content (AvgIpc) is 3.50. The number of aromatic nitrogens is 2. The van der Waals surface area contributed by atoms with Gasteiger partial charge in [0.1, 0.15) is 23.9 Å². The van der Waals surface area contributed by atoms with Crippen LogP contribution in [-0.2, 0) is 29.6 Å². The number of carbonyl (C=O) groups is 1. The van der Waals surface area contributed by atoms with Gasteiger partial charge >= 0.3 is 5.97 Å². The van der Waals surface area contributed by atoms with Crippen LogP contribution in [0.2, 0.25) is 10.0 Å². The maximum Gasteiger partial charge on any atom is 0.335 e. The van der Waals surface area contributed by atoms with E-state index in [-0.39, 0.29) is 17.1 Å². The van der Waals surface area contributed by atoms with Crippen LogP contribution in [0.15, 0.2) is 102 Å². The Bertz CT molecular complexity index is 1960. The molecule has 0 bridgehead atoms. The number of hydrogen-bond acceptors (Lipinski definition) is 6. The Morgan fingerprint density at radius 1 is 0.938 bits per heavy atom. The van der Waals surface area contributed by atoms with Gasteiger partial charge < -0.3 is 19.1 Å². The Morgan fingerprint density at radius 2 is 1.60 bits per heavy atom. The molecule has 5 aromatic rings. The zero-order chi connectivity index (χ0) is 34.3. The highest BCUT2D eigenvalue weighted by atomic mass is 35.5. The van der Waals surface area contributed by atoms with Crippen molar-refractivity contribution in [2.45, 2.75) is 50.3 Å². The summed E-state index contributed by atoms with van der Waals surface area (Å²) >= 11 is 12.7. The number of aromatic carboxylic acids is 1. The van der Waals surface area contributed by atoms with Crippen molar-refractivity contribution in [2.75, 3.05) is 7.11 Å². The number of imidazole rings is 1. The van der Waals surface area contributed by atoms with Crippen molar-refractivity contribution in [3.05, 3.63) is 130 Å². The number of benzene rings is 4. The molecule has 250 valence electrons. The molecule has 9 nitrogen and oxygen atoms in total. The summed E-state index contributed by atoms with van der Waals surface area (Å²) < 4.78 is 43.5. The van der Waals surface area contributed by atoms with Gasteiger partial charge in [0.2, 0.25) is 10.0 Å². The number of carboxylic acid groups (broad SMARTS) is 1. The molecule has 0 radical (unpaired) electrons. The van der Waals surface area contributed by atoms with E-state index in [0.717, 1.165) is 24.0 Å². The first-order valence-corrected chi connectivity index (χ1v) is 17.5. The van der Waals surface area contributed by atoms with Crippen molar-refractivity contribution in [1.29, 1.82) is 0 Å². The van der Waals surface area contributed by atoms with Gasteiger partial charge in [0.05, 0.1) is 34.3 Å². The van der Waals surface area contributed by atoms with E-state index in [1.807, 2.05) is 35.0 Å². The SMILES string of the molecule is CCCCn1cc(-c2ccc(Cl)cc2Cl)nc1[C@H](Cc1ccc(OCc2ccc(C(=O)O)cc2)cc1)NS(=O)(=O)c1ccc(OC)cc1. The van der Waals surface area contributed by atoms with E-state index in [1.54, 1.807) is 42.5 Å². The first-order valence-electron chi connectivity index (χ1n) is 15.3. The maximum atomic E-state index is 13.8. The summed E-state index contributed by atoms with van der Waals surface area (Å²) in [6.07, 6.45) is 3.99. The van der Waals surface area contributed by atoms with Crippen LogP contribution in [0.1, 0.15) is 53.1 Å². The summed E-state index contributed by atoms with van der Waals surface area (Å²) in [5.74, 6) is 0.720. The number of rotatable bonds is 15. The second-order valence-electron chi connectivity index (χ2n) is 11.1. The normalized spacial score (nSPS) is 12.1. The van der Waals surface area contributed by atoms with Gasteiger partial charge in [-0.05, 0) is 90.7 Å². The Morgan fingerprint density at radius 3 is 2.23 bits per heavy atom. The van der Waals surface area contributed by atoms with E-state index >= 15 is 0 Å². The molecule has 0 amide bonds. The molecule has 1 heterocycles. The third-order valence-corrected chi connectivity index (χ3v) is 9.75. The fourth-order valence-corrected chi connectivity index (χ4v) is 6.81. The van der Waals surface area contributed by atoms with E-state index in [0.29, 0.717) is 51.6 Å². The lowest BCUT2D eigenvalue weighted by Crippen LogP contribution is -2.32. The fraction of sp³-hybridized carbons (Fsp3) is 0.222. The van der Waals surface area contributed by atoms with Gasteiger partial charge in [-0.2, -0.15) is 0 Å². The number of hydrogen-bond donors (Lipinski definition) is 2. The summed E-state index contributed by atoms with van der Waals surface area (Å²) in [7, 11) is -2.46. The average molecular weight is 709 g/mol.